The van der Waals surface area contributed by atoms with Crippen molar-refractivity contribution in [1.82, 2.24) is 9.88 Å². The van der Waals surface area contributed by atoms with Gasteiger partial charge >= 0.3 is 0 Å². The number of benzene rings is 1. The van der Waals surface area contributed by atoms with Crippen LogP contribution in [-0.2, 0) is 4.79 Å². The Hall–Kier alpha value is -2.52. The third kappa shape index (κ3) is 3.94. The van der Waals surface area contributed by atoms with Crippen LogP contribution in [0.3, 0.4) is 0 Å². The zero-order valence-electron chi connectivity index (χ0n) is 13.8. The summed E-state index contributed by atoms with van der Waals surface area (Å²) in [5, 5.41) is 16.7. The third-order valence-electron chi connectivity index (χ3n) is 4.29. The van der Waals surface area contributed by atoms with E-state index in [4.69, 9.17) is 0 Å². The van der Waals surface area contributed by atoms with Gasteiger partial charge < -0.3 is 10.2 Å². The standard InChI is InChI=1S/C16H19N5O3S/c1-12(15(22)18-13-4-2-3-5-14(13)21(23)24)19-7-9-20(10-8-19)16-17-6-11-25-16/h2-6,11-12H,7-10H2,1H3,(H,18,22)/t12-/m1/s1. The maximum atomic E-state index is 12.5. The van der Waals surface area contributed by atoms with Gasteiger partial charge in [0.05, 0.1) is 11.0 Å². The van der Waals surface area contributed by atoms with Crippen LogP contribution in [0.5, 0.6) is 0 Å². The van der Waals surface area contributed by atoms with Gasteiger partial charge in [0, 0.05) is 43.8 Å². The fourth-order valence-electron chi connectivity index (χ4n) is 2.81. The minimum atomic E-state index is -0.493. The summed E-state index contributed by atoms with van der Waals surface area (Å²) in [6.45, 7) is 4.91. The highest BCUT2D eigenvalue weighted by molar-refractivity contribution is 7.13. The highest BCUT2D eigenvalue weighted by Gasteiger charge is 2.27. The van der Waals surface area contributed by atoms with E-state index in [0.29, 0.717) is 0 Å². The molecule has 132 valence electrons. The monoisotopic (exact) mass is 361 g/mol. The van der Waals surface area contributed by atoms with Crippen LogP contribution in [0.4, 0.5) is 16.5 Å². The normalized spacial score (nSPS) is 16.4. The molecule has 0 unspecified atom stereocenters. The number of thiazole rings is 1. The van der Waals surface area contributed by atoms with Crippen molar-refractivity contribution in [2.24, 2.45) is 0 Å². The van der Waals surface area contributed by atoms with Gasteiger partial charge in [0.1, 0.15) is 5.69 Å². The Morgan fingerprint density at radius 3 is 2.68 bits per heavy atom. The molecule has 1 N–H and O–H groups in total. The molecule has 1 aliphatic heterocycles. The smallest absolute Gasteiger partial charge is 0.292 e. The second-order valence-corrected chi connectivity index (χ2v) is 6.65. The zero-order valence-corrected chi connectivity index (χ0v) is 14.6. The van der Waals surface area contributed by atoms with Gasteiger partial charge in [-0.25, -0.2) is 4.98 Å². The predicted octanol–water partition coefficient (Wildman–Crippen LogP) is 2.20. The molecular formula is C16H19N5O3S. The van der Waals surface area contributed by atoms with E-state index in [-0.39, 0.29) is 23.3 Å². The first-order valence-electron chi connectivity index (χ1n) is 7.99. The summed E-state index contributed by atoms with van der Waals surface area (Å²) in [4.78, 5) is 31.7. The van der Waals surface area contributed by atoms with E-state index in [2.05, 4.69) is 20.1 Å². The molecule has 9 heteroatoms. The van der Waals surface area contributed by atoms with Crippen molar-refractivity contribution in [1.29, 1.82) is 0 Å². The number of carbonyl (C=O) groups excluding carboxylic acids is 1. The maximum Gasteiger partial charge on any atom is 0.292 e. The van der Waals surface area contributed by atoms with Gasteiger partial charge in [-0.2, -0.15) is 0 Å². The molecule has 0 radical (unpaired) electrons. The van der Waals surface area contributed by atoms with E-state index in [1.807, 2.05) is 12.3 Å². The van der Waals surface area contributed by atoms with Gasteiger partial charge in [0.25, 0.3) is 5.69 Å². The van der Waals surface area contributed by atoms with E-state index in [1.165, 1.54) is 6.07 Å². The second-order valence-electron chi connectivity index (χ2n) is 5.78. The fourth-order valence-corrected chi connectivity index (χ4v) is 3.51. The highest BCUT2D eigenvalue weighted by atomic mass is 32.1. The lowest BCUT2D eigenvalue weighted by molar-refractivity contribution is -0.383. The number of carbonyl (C=O) groups is 1. The molecule has 1 atom stereocenters. The molecular weight excluding hydrogens is 342 g/mol. The SMILES string of the molecule is C[C@H](C(=O)Nc1ccccc1[N+](=O)[O-])N1CCN(c2nccs2)CC1. The van der Waals surface area contributed by atoms with Crippen molar-refractivity contribution < 1.29 is 9.72 Å². The summed E-state index contributed by atoms with van der Waals surface area (Å²) in [5.74, 6) is -0.239. The number of para-hydroxylation sites is 2. The molecule has 0 spiro atoms. The Balaban J connectivity index is 1.59. The molecule has 2 aromatic rings. The summed E-state index contributed by atoms with van der Waals surface area (Å²) in [7, 11) is 0. The summed E-state index contributed by atoms with van der Waals surface area (Å²) >= 11 is 1.60. The number of nitro groups is 1. The van der Waals surface area contributed by atoms with E-state index in [9.17, 15) is 14.9 Å². The van der Waals surface area contributed by atoms with Crippen LogP contribution in [0, 0.1) is 10.1 Å². The number of rotatable bonds is 5. The lowest BCUT2D eigenvalue weighted by atomic mass is 10.2. The van der Waals surface area contributed by atoms with Crippen molar-refractivity contribution >= 4 is 33.8 Å². The lowest BCUT2D eigenvalue weighted by Crippen LogP contribution is -2.52. The van der Waals surface area contributed by atoms with Crippen LogP contribution < -0.4 is 10.2 Å². The van der Waals surface area contributed by atoms with Gasteiger partial charge in [-0.15, -0.1) is 11.3 Å². The summed E-state index contributed by atoms with van der Waals surface area (Å²) < 4.78 is 0. The number of piperazine rings is 1. The molecule has 1 amide bonds. The predicted molar refractivity (Wildman–Crippen MR) is 97.1 cm³/mol. The van der Waals surface area contributed by atoms with Crippen molar-refractivity contribution in [3.05, 3.63) is 46.0 Å². The van der Waals surface area contributed by atoms with Crippen molar-refractivity contribution in [2.45, 2.75) is 13.0 Å². The van der Waals surface area contributed by atoms with Gasteiger partial charge in [0.15, 0.2) is 5.13 Å². The zero-order chi connectivity index (χ0) is 17.8. The van der Waals surface area contributed by atoms with E-state index in [1.54, 1.807) is 35.7 Å². The first-order valence-corrected chi connectivity index (χ1v) is 8.87. The first-order chi connectivity index (χ1) is 12.1. The molecule has 0 aliphatic carbocycles. The molecule has 1 fully saturated rings. The van der Waals surface area contributed by atoms with E-state index in [0.717, 1.165) is 31.3 Å². The van der Waals surface area contributed by atoms with E-state index < -0.39 is 4.92 Å². The van der Waals surface area contributed by atoms with Gasteiger partial charge in [-0.3, -0.25) is 19.8 Å². The van der Waals surface area contributed by atoms with Crippen LogP contribution in [0.2, 0.25) is 0 Å². The molecule has 1 saturated heterocycles. The molecule has 8 nitrogen and oxygen atoms in total. The van der Waals surface area contributed by atoms with Crippen LogP contribution in [-0.4, -0.2) is 52.9 Å². The summed E-state index contributed by atoms with van der Waals surface area (Å²) in [6.07, 6.45) is 1.79. The molecule has 3 rings (SSSR count). The Morgan fingerprint density at radius 1 is 1.32 bits per heavy atom. The average Bonchev–Trinajstić information content (AvgIpc) is 3.16. The van der Waals surface area contributed by atoms with Crippen molar-refractivity contribution in [3.8, 4) is 0 Å². The molecule has 0 bridgehead atoms. The van der Waals surface area contributed by atoms with Gasteiger partial charge in [0.2, 0.25) is 5.91 Å². The van der Waals surface area contributed by atoms with Crippen LogP contribution in [0.15, 0.2) is 35.8 Å². The summed E-state index contributed by atoms with van der Waals surface area (Å²) in [5.41, 5.74) is 0.127. The Kier molecular flexibility index (Phi) is 5.25. The quantitative estimate of drug-likeness (QED) is 0.648. The van der Waals surface area contributed by atoms with Crippen molar-refractivity contribution in [3.63, 3.8) is 0 Å². The topological polar surface area (TPSA) is 91.6 Å². The fraction of sp³-hybridized carbons (Fsp3) is 0.375. The molecule has 1 aromatic carbocycles. The van der Waals surface area contributed by atoms with Gasteiger partial charge in [-0.1, -0.05) is 12.1 Å². The number of anilines is 2. The summed E-state index contributed by atoms with van der Waals surface area (Å²) in [6, 6.07) is 5.81. The number of aromatic nitrogens is 1. The second kappa shape index (κ2) is 7.58. The highest BCUT2D eigenvalue weighted by Crippen LogP contribution is 2.24. The number of hydrogen-bond donors (Lipinski definition) is 1. The van der Waals surface area contributed by atoms with Crippen LogP contribution >= 0.6 is 11.3 Å². The molecule has 0 saturated carbocycles. The number of nitrogens with zero attached hydrogens (tertiary/aromatic N) is 4. The average molecular weight is 361 g/mol. The van der Waals surface area contributed by atoms with Crippen molar-refractivity contribution in [2.75, 3.05) is 36.4 Å². The Bertz CT molecular complexity index is 744. The minimum absolute atomic E-state index is 0.100. The molecule has 2 heterocycles. The number of amides is 1. The largest absolute Gasteiger partial charge is 0.346 e. The third-order valence-corrected chi connectivity index (χ3v) is 5.12. The van der Waals surface area contributed by atoms with E-state index >= 15 is 0 Å². The lowest BCUT2D eigenvalue weighted by Gasteiger charge is -2.37. The number of nitro benzene ring substituents is 1. The van der Waals surface area contributed by atoms with Crippen LogP contribution in [0.1, 0.15) is 6.92 Å². The Labute approximate surface area is 149 Å². The van der Waals surface area contributed by atoms with Crippen LogP contribution in [0.25, 0.3) is 0 Å². The number of nitrogens with one attached hydrogen (secondary N) is 1. The maximum absolute atomic E-state index is 12.5. The molecule has 1 aliphatic rings. The first kappa shape index (κ1) is 17.3. The molecule has 1 aromatic heterocycles. The number of hydrogen-bond acceptors (Lipinski definition) is 7. The molecule has 25 heavy (non-hydrogen) atoms. The van der Waals surface area contributed by atoms with Gasteiger partial charge in [-0.05, 0) is 13.0 Å². The minimum Gasteiger partial charge on any atom is -0.346 e. The Morgan fingerprint density at radius 2 is 2.04 bits per heavy atom.